The van der Waals surface area contributed by atoms with Gasteiger partial charge in [0.2, 0.25) is 0 Å². The zero-order valence-electron chi connectivity index (χ0n) is 16.1. The molecule has 1 aromatic rings. The summed E-state index contributed by atoms with van der Waals surface area (Å²) >= 11 is 0. The fourth-order valence-corrected chi connectivity index (χ4v) is 2.48. The summed E-state index contributed by atoms with van der Waals surface area (Å²) in [6.45, 7) is 5.30. The van der Waals surface area contributed by atoms with Crippen LogP contribution in [-0.4, -0.2) is 25.7 Å². The van der Waals surface area contributed by atoms with Gasteiger partial charge >= 0.3 is 12.4 Å². The first-order valence-corrected chi connectivity index (χ1v) is 8.62. The summed E-state index contributed by atoms with van der Waals surface area (Å²) in [5.41, 5.74) is 2.63. The Labute approximate surface area is 165 Å². The molecule has 0 aliphatic rings. The second-order valence-corrected chi connectivity index (χ2v) is 6.50. The van der Waals surface area contributed by atoms with Gasteiger partial charge in [-0.3, -0.25) is 0 Å². The molecule has 0 aromatic heterocycles. The van der Waals surface area contributed by atoms with E-state index in [2.05, 4.69) is 11.9 Å². The van der Waals surface area contributed by atoms with Gasteiger partial charge in [0.25, 0.3) is 0 Å². The Hall–Kier alpha value is -2.10. The molecule has 0 aliphatic heterocycles. The number of likely N-dealkylation sites (N-methyl/N-ethyl adjacent to an activating group) is 1. The van der Waals surface area contributed by atoms with Crippen molar-refractivity contribution in [2.24, 2.45) is 5.73 Å². The van der Waals surface area contributed by atoms with Crippen LogP contribution in [0.4, 0.5) is 26.3 Å². The highest BCUT2D eigenvalue weighted by molar-refractivity contribution is 5.34. The number of halogens is 6. The zero-order valence-corrected chi connectivity index (χ0v) is 16.1. The Morgan fingerprint density at radius 2 is 1.62 bits per heavy atom. The first-order valence-electron chi connectivity index (χ1n) is 8.62. The summed E-state index contributed by atoms with van der Waals surface area (Å²) in [5, 5.41) is 2.87. The third-order valence-corrected chi connectivity index (χ3v) is 4.01. The first kappa shape index (κ1) is 24.9. The molecule has 1 atom stereocenters. The molecular weight excluding hydrogens is 398 g/mol. The number of alkyl halides is 6. The predicted molar refractivity (Wildman–Crippen MR) is 100 cm³/mol. The summed E-state index contributed by atoms with van der Waals surface area (Å²) in [7, 11) is 1.65. The van der Waals surface area contributed by atoms with Crippen LogP contribution in [0.5, 0.6) is 0 Å². The fraction of sp³-hybridized carbons (Fsp3) is 0.400. The lowest BCUT2D eigenvalue weighted by atomic mass is 9.92. The Bertz CT molecular complexity index is 720. The SMILES string of the molecule is C=C(/C=C\C=C/C)[C@@](N)(CNC)COCc1cc(C(F)(F)F)cc(C(F)(F)F)c1. The quantitative estimate of drug-likeness (QED) is 0.442. The molecule has 0 spiro atoms. The van der Waals surface area contributed by atoms with E-state index in [-0.39, 0.29) is 24.8 Å². The highest BCUT2D eigenvalue weighted by Crippen LogP contribution is 2.36. The number of hydrogen-bond donors (Lipinski definition) is 2. The normalized spacial score (nSPS) is 15.2. The smallest absolute Gasteiger partial charge is 0.374 e. The van der Waals surface area contributed by atoms with Crippen molar-refractivity contribution in [3.8, 4) is 0 Å². The van der Waals surface area contributed by atoms with Crippen molar-refractivity contribution in [2.75, 3.05) is 20.2 Å². The van der Waals surface area contributed by atoms with E-state index in [1.807, 2.05) is 6.92 Å². The lowest BCUT2D eigenvalue weighted by Gasteiger charge is -2.30. The summed E-state index contributed by atoms with van der Waals surface area (Å²) < 4.78 is 83.0. The van der Waals surface area contributed by atoms with E-state index in [9.17, 15) is 26.3 Å². The molecule has 1 aromatic carbocycles. The van der Waals surface area contributed by atoms with Crippen molar-refractivity contribution < 1.29 is 31.1 Å². The molecule has 1 rings (SSSR count). The van der Waals surface area contributed by atoms with E-state index in [0.29, 0.717) is 17.7 Å². The second-order valence-electron chi connectivity index (χ2n) is 6.50. The molecule has 162 valence electrons. The van der Waals surface area contributed by atoms with Gasteiger partial charge < -0.3 is 15.8 Å². The average Bonchev–Trinajstić information content (AvgIpc) is 2.60. The third kappa shape index (κ3) is 7.68. The minimum Gasteiger partial charge on any atom is -0.374 e. The van der Waals surface area contributed by atoms with Gasteiger partial charge in [-0.15, -0.1) is 0 Å². The molecule has 29 heavy (non-hydrogen) atoms. The van der Waals surface area contributed by atoms with Crippen LogP contribution in [0.2, 0.25) is 0 Å². The lowest BCUT2D eigenvalue weighted by Crippen LogP contribution is -2.52. The average molecular weight is 422 g/mol. The minimum atomic E-state index is -4.91. The molecule has 0 aliphatic carbocycles. The van der Waals surface area contributed by atoms with Crippen molar-refractivity contribution in [1.82, 2.24) is 5.32 Å². The van der Waals surface area contributed by atoms with Crippen molar-refractivity contribution in [2.45, 2.75) is 31.4 Å². The molecular formula is C20H24F6N2O. The van der Waals surface area contributed by atoms with Crippen LogP contribution in [-0.2, 0) is 23.7 Å². The zero-order chi connectivity index (χ0) is 22.3. The molecule has 0 bridgehead atoms. The number of rotatable bonds is 9. The monoisotopic (exact) mass is 422 g/mol. The van der Waals surface area contributed by atoms with Crippen LogP contribution in [0.1, 0.15) is 23.6 Å². The van der Waals surface area contributed by atoms with Crippen LogP contribution in [0.3, 0.4) is 0 Å². The van der Waals surface area contributed by atoms with E-state index in [1.54, 1.807) is 31.4 Å². The minimum absolute atomic E-state index is 0.0750. The van der Waals surface area contributed by atoms with E-state index in [1.165, 1.54) is 0 Å². The Balaban J connectivity index is 3.01. The maximum Gasteiger partial charge on any atom is 0.416 e. The number of nitrogens with two attached hydrogens (primary N) is 1. The van der Waals surface area contributed by atoms with Gasteiger partial charge in [0, 0.05) is 6.54 Å². The van der Waals surface area contributed by atoms with Crippen molar-refractivity contribution in [3.05, 3.63) is 71.3 Å². The maximum atomic E-state index is 12.9. The van der Waals surface area contributed by atoms with E-state index in [4.69, 9.17) is 10.5 Å². The van der Waals surface area contributed by atoms with Gasteiger partial charge in [0.05, 0.1) is 29.9 Å². The van der Waals surface area contributed by atoms with E-state index < -0.39 is 35.6 Å². The molecule has 0 radical (unpaired) electrons. The van der Waals surface area contributed by atoms with Gasteiger partial charge in [-0.25, -0.2) is 0 Å². The molecule has 0 fully saturated rings. The summed E-state index contributed by atoms with van der Waals surface area (Å²) in [6, 6.07) is 1.34. The molecule has 9 heteroatoms. The van der Waals surface area contributed by atoms with E-state index in [0.717, 1.165) is 0 Å². The van der Waals surface area contributed by atoms with Crippen molar-refractivity contribution in [3.63, 3.8) is 0 Å². The second kappa shape index (κ2) is 10.1. The van der Waals surface area contributed by atoms with E-state index >= 15 is 0 Å². The first-order chi connectivity index (χ1) is 13.3. The molecule has 3 N–H and O–H groups in total. The van der Waals surface area contributed by atoms with Gasteiger partial charge in [0.15, 0.2) is 0 Å². The Morgan fingerprint density at radius 3 is 2.07 bits per heavy atom. The number of hydrogen-bond acceptors (Lipinski definition) is 3. The number of benzene rings is 1. The number of ether oxygens (including phenoxy) is 1. The van der Waals surface area contributed by atoms with Gasteiger partial charge in [-0.1, -0.05) is 30.9 Å². The van der Waals surface area contributed by atoms with Crippen LogP contribution < -0.4 is 11.1 Å². The highest BCUT2D eigenvalue weighted by atomic mass is 19.4. The largest absolute Gasteiger partial charge is 0.416 e. The standard InChI is InChI=1S/C20H24F6N2O/c1-4-5-6-7-14(2)18(27,12-28-3)13-29-11-15-8-16(19(21,22)23)10-17(9-15)20(24,25)26/h4-10,28H,2,11-13,27H2,1,3H3/b5-4-,7-6-/t18-/m1/s1. The number of allylic oxidation sites excluding steroid dienone is 3. The predicted octanol–water partition coefficient (Wildman–Crippen LogP) is 4.85. The van der Waals surface area contributed by atoms with Crippen molar-refractivity contribution in [1.29, 1.82) is 0 Å². The van der Waals surface area contributed by atoms with Gasteiger partial charge in [0.1, 0.15) is 0 Å². The maximum absolute atomic E-state index is 12.9. The van der Waals surface area contributed by atoms with Crippen molar-refractivity contribution >= 4 is 0 Å². The fourth-order valence-electron chi connectivity index (χ4n) is 2.48. The molecule has 0 heterocycles. The van der Waals surface area contributed by atoms with Crippen LogP contribution in [0.15, 0.2) is 54.7 Å². The van der Waals surface area contributed by atoms with Crippen LogP contribution in [0.25, 0.3) is 0 Å². The molecule has 0 saturated heterocycles. The van der Waals surface area contributed by atoms with Crippen LogP contribution in [0, 0.1) is 0 Å². The number of nitrogens with one attached hydrogen (secondary N) is 1. The lowest BCUT2D eigenvalue weighted by molar-refractivity contribution is -0.143. The molecule has 0 unspecified atom stereocenters. The molecule has 3 nitrogen and oxygen atoms in total. The summed E-state index contributed by atoms with van der Waals surface area (Å²) in [4.78, 5) is 0. The van der Waals surface area contributed by atoms with Gasteiger partial charge in [-0.2, -0.15) is 26.3 Å². The molecule has 0 amide bonds. The summed E-state index contributed by atoms with van der Waals surface area (Å²) in [6.07, 6.45) is -2.90. The Morgan fingerprint density at radius 1 is 1.07 bits per heavy atom. The third-order valence-electron chi connectivity index (χ3n) is 4.01. The molecule has 0 saturated carbocycles. The Kier molecular flexibility index (Phi) is 8.67. The highest BCUT2D eigenvalue weighted by Gasteiger charge is 2.37. The topological polar surface area (TPSA) is 47.3 Å². The van der Waals surface area contributed by atoms with Crippen LogP contribution >= 0.6 is 0 Å². The van der Waals surface area contributed by atoms with Gasteiger partial charge in [-0.05, 0) is 43.3 Å². The summed E-state index contributed by atoms with van der Waals surface area (Å²) in [5.74, 6) is 0.